The van der Waals surface area contributed by atoms with Crippen molar-refractivity contribution in [2.75, 3.05) is 72.7 Å². The highest BCUT2D eigenvalue weighted by Crippen LogP contribution is 2.15. The number of nitrogens with one attached hydrogen (secondary N) is 2. The molecule has 2 heterocycles. The van der Waals surface area contributed by atoms with Gasteiger partial charge in [-0.05, 0) is 19.8 Å². The fourth-order valence-electron chi connectivity index (χ4n) is 3.60. The number of ether oxygens (including phenoxy) is 2. The minimum absolute atomic E-state index is 0. The molecule has 2 aliphatic heterocycles. The van der Waals surface area contributed by atoms with E-state index >= 15 is 0 Å². The van der Waals surface area contributed by atoms with Crippen molar-refractivity contribution in [3.8, 4) is 0 Å². The molecule has 0 amide bonds. The lowest BCUT2D eigenvalue weighted by Gasteiger charge is -2.41. The zero-order valence-corrected chi connectivity index (χ0v) is 20.1. The second-order valence-corrected chi connectivity index (χ2v) is 8.36. The van der Waals surface area contributed by atoms with Gasteiger partial charge in [-0.3, -0.25) is 14.8 Å². The van der Waals surface area contributed by atoms with Gasteiger partial charge in [-0.25, -0.2) is 0 Å². The summed E-state index contributed by atoms with van der Waals surface area (Å²) in [5.41, 5.74) is 0.0663. The smallest absolute Gasteiger partial charge is 0.191 e. The van der Waals surface area contributed by atoms with E-state index in [0.717, 1.165) is 71.6 Å². The summed E-state index contributed by atoms with van der Waals surface area (Å²) >= 11 is 0. The normalized spacial score (nSPS) is 23.2. The maximum Gasteiger partial charge on any atom is 0.191 e. The molecule has 0 bridgehead atoms. The van der Waals surface area contributed by atoms with Crippen molar-refractivity contribution in [2.45, 2.75) is 39.3 Å². The van der Waals surface area contributed by atoms with Gasteiger partial charge in [0, 0.05) is 58.4 Å². The van der Waals surface area contributed by atoms with Crippen molar-refractivity contribution in [2.24, 2.45) is 10.9 Å². The van der Waals surface area contributed by atoms with Crippen LogP contribution in [0.1, 0.15) is 27.7 Å². The van der Waals surface area contributed by atoms with Crippen LogP contribution in [0.15, 0.2) is 4.99 Å². The van der Waals surface area contributed by atoms with Crippen molar-refractivity contribution in [1.29, 1.82) is 0 Å². The number of halogens is 1. The van der Waals surface area contributed by atoms with E-state index in [4.69, 9.17) is 9.47 Å². The van der Waals surface area contributed by atoms with Crippen LogP contribution >= 0.6 is 24.0 Å². The largest absolute Gasteiger partial charge is 0.379 e. The first kappa shape index (κ1) is 24.9. The Morgan fingerprint density at radius 3 is 2.48 bits per heavy atom. The van der Waals surface area contributed by atoms with E-state index in [1.807, 2.05) is 7.05 Å². The number of aliphatic imine (C=N–C) groups is 1. The summed E-state index contributed by atoms with van der Waals surface area (Å²) in [7, 11) is 1.82. The SMILES string of the molecule is CN=C(NCC1CN(CC(C)C)CCO1)NCC(C)(C)N1CCOCC1.I. The van der Waals surface area contributed by atoms with E-state index in [1.165, 1.54) is 0 Å². The minimum Gasteiger partial charge on any atom is -0.379 e. The molecule has 2 N–H and O–H groups in total. The van der Waals surface area contributed by atoms with Gasteiger partial charge in [-0.1, -0.05) is 13.8 Å². The molecule has 0 aromatic rings. The summed E-state index contributed by atoms with van der Waals surface area (Å²) in [6, 6.07) is 0. The van der Waals surface area contributed by atoms with Crippen LogP contribution < -0.4 is 10.6 Å². The third-order valence-corrected chi connectivity index (χ3v) is 5.12. The van der Waals surface area contributed by atoms with Gasteiger partial charge in [0.2, 0.25) is 0 Å². The fraction of sp³-hybridized carbons (Fsp3) is 0.947. The third-order valence-electron chi connectivity index (χ3n) is 5.12. The van der Waals surface area contributed by atoms with Crippen LogP contribution in [0.5, 0.6) is 0 Å². The van der Waals surface area contributed by atoms with E-state index in [2.05, 4.69) is 53.1 Å². The summed E-state index contributed by atoms with van der Waals surface area (Å²) in [6.07, 6.45) is 0.216. The molecule has 0 spiro atoms. The molecule has 1 atom stereocenters. The molecule has 0 saturated carbocycles. The van der Waals surface area contributed by atoms with Gasteiger partial charge in [0.15, 0.2) is 5.96 Å². The third kappa shape index (κ3) is 8.81. The maximum absolute atomic E-state index is 5.92. The topological polar surface area (TPSA) is 61.4 Å². The highest BCUT2D eigenvalue weighted by molar-refractivity contribution is 14.0. The Morgan fingerprint density at radius 2 is 1.85 bits per heavy atom. The van der Waals surface area contributed by atoms with Crippen LogP contribution in [0.2, 0.25) is 0 Å². The first-order valence-electron chi connectivity index (χ1n) is 10.0. The van der Waals surface area contributed by atoms with E-state index < -0.39 is 0 Å². The zero-order chi connectivity index (χ0) is 19.0. The van der Waals surface area contributed by atoms with Crippen LogP contribution in [0, 0.1) is 5.92 Å². The Hall–Kier alpha value is -0.160. The van der Waals surface area contributed by atoms with Crippen molar-refractivity contribution >= 4 is 29.9 Å². The van der Waals surface area contributed by atoms with Crippen molar-refractivity contribution in [1.82, 2.24) is 20.4 Å². The lowest BCUT2D eigenvalue weighted by Crippen LogP contribution is -2.57. The average molecular weight is 497 g/mol. The van der Waals surface area contributed by atoms with Gasteiger partial charge >= 0.3 is 0 Å². The first-order chi connectivity index (χ1) is 12.4. The fourth-order valence-corrected chi connectivity index (χ4v) is 3.60. The minimum atomic E-state index is 0. The molecule has 0 aromatic heterocycles. The van der Waals surface area contributed by atoms with E-state index in [1.54, 1.807) is 0 Å². The molecular weight excluding hydrogens is 457 g/mol. The van der Waals surface area contributed by atoms with E-state index in [0.29, 0.717) is 5.92 Å². The van der Waals surface area contributed by atoms with Crippen LogP contribution in [0.4, 0.5) is 0 Å². The molecule has 2 aliphatic rings. The predicted molar refractivity (Wildman–Crippen MR) is 122 cm³/mol. The molecule has 27 heavy (non-hydrogen) atoms. The summed E-state index contributed by atoms with van der Waals surface area (Å²) < 4.78 is 11.4. The lowest BCUT2D eigenvalue weighted by atomic mass is 10.0. The molecule has 1 unspecified atom stereocenters. The average Bonchev–Trinajstić information content (AvgIpc) is 2.62. The maximum atomic E-state index is 5.92. The number of hydrogen-bond acceptors (Lipinski definition) is 5. The highest BCUT2D eigenvalue weighted by Gasteiger charge is 2.28. The number of rotatable bonds is 7. The molecular formula is C19H40IN5O2. The lowest BCUT2D eigenvalue weighted by molar-refractivity contribution is -0.0285. The van der Waals surface area contributed by atoms with Gasteiger partial charge in [-0.2, -0.15) is 0 Å². The van der Waals surface area contributed by atoms with Crippen LogP contribution in [0.3, 0.4) is 0 Å². The quantitative estimate of drug-likeness (QED) is 0.314. The summed E-state index contributed by atoms with van der Waals surface area (Å²) in [4.78, 5) is 9.35. The Bertz CT molecular complexity index is 442. The molecule has 0 aliphatic carbocycles. The van der Waals surface area contributed by atoms with Gasteiger partial charge < -0.3 is 20.1 Å². The molecule has 2 rings (SSSR count). The second-order valence-electron chi connectivity index (χ2n) is 8.36. The number of nitrogens with zero attached hydrogens (tertiary/aromatic N) is 3. The summed E-state index contributed by atoms with van der Waals surface area (Å²) in [5.74, 6) is 1.54. The van der Waals surface area contributed by atoms with Crippen molar-refractivity contribution in [3.63, 3.8) is 0 Å². The Balaban J connectivity index is 0.00000364. The molecule has 0 aromatic carbocycles. The second kappa shape index (κ2) is 12.4. The van der Waals surface area contributed by atoms with Crippen LogP contribution in [-0.4, -0.2) is 100 Å². The van der Waals surface area contributed by atoms with E-state index in [9.17, 15) is 0 Å². The van der Waals surface area contributed by atoms with Crippen LogP contribution in [-0.2, 0) is 9.47 Å². The highest BCUT2D eigenvalue weighted by atomic mass is 127. The van der Waals surface area contributed by atoms with Crippen molar-refractivity contribution in [3.05, 3.63) is 0 Å². The molecule has 7 nitrogen and oxygen atoms in total. The van der Waals surface area contributed by atoms with Gasteiger partial charge in [0.05, 0.1) is 25.9 Å². The van der Waals surface area contributed by atoms with Crippen LogP contribution in [0.25, 0.3) is 0 Å². The number of guanidine groups is 1. The molecule has 160 valence electrons. The molecule has 0 radical (unpaired) electrons. The summed E-state index contributed by atoms with van der Waals surface area (Å²) in [5, 5.41) is 6.91. The Morgan fingerprint density at radius 1 is 1.15 bits per heavy atom. The van der Waals surface area contributed by atoms with Gasteiger partial charge in [-0.15, -0.1) is 24.0 Å². The molecule has 2 saturated heterocycles. The standard InChI is InChI=1S/C19H39N5O2.HI/c1-16(2)13-23-6-11-26-17(14-23)12-21-18(20-5)22-15-19(3,4)24-7-9-25-10-8-24;/h16-17H,6-15H2,1-5H3,(H2,20,21,22);1H. The van der Waals surface area contributed by atoms with Gasteiger partial charge in [0.1, 0.15) is 0 Å². The van der Waals surface area contributed by atoms with Crippen molar-refractivity contribution < 1.29 is 9.47 Å². The summed E-state index contributed by atoms with van der Waals surface area (Å²) in [6.45, 7) is 18.3. The predicted octanol–water partition coefficient (Wildman–Crippen LogP) is 1.24. The van der Waals surface area contributed by atoms with Gasteiger partial charge in [0.25, 0.3) is 0 Å². The number of morpholine rings is 2. The monoisotopic (exact) mass is 497 g/mol. The Kier molecular flexibility index (Phi) is 11.4. The zero-order valence-electron chi connectivity index (χ0n) is 17.8. The van der Waals surface area contributed by atoms with E-state index in [-0.39, 0.29) is 35.6 Å². The number of hydrogen-bond donors (Lipinski definition) is 2. The first-order valence-corrected chi connectivity index (χ1v) is 10.0. The molecule has 2 fully saturated rings. The molecule has 8 heteroatoms. The Labute approximate surface area is 182 Å².